The number of halogens is 1. The molecule has 1 aliphatic carbocycles. The van der Waals surface area contributed by atoms with Gasteiger partial charge in [0.15, 0.2) is 0 Å². The molecule has 0 unspecified atom stereocenters. The molecule has 0 aliphatic heterocycles. The number of carbonyl (C=O) groups is 2. The Morgan fingerprint density at radius 2 is 2.00 bits per heavy atom. The number of aromatic nitrogens is 1. The van der Waals surface area contributed by atoms with Gasteiger partial charge in [0.25, 0.3) is 5.91 Å². The zero-order valence-electron chi connectivity index (χ0n) is 15.5. The minimum absolute atomic E-state index is 0.0347. The van der Waals surface area contributed by atoms with E-state index in [0.717, 1.165) is 18.5 Å². The van der Waals surface area contributed by atoms with Gasteiger partial charge in [-0.15, -0.1) is 6.58 Å². The Balaban J connectivity index is 1.75. The second-order valence-corrected chi connectivity index (χ2v) is 6.82. The molecule has 0 spiro atoms. The van der Waals surface area contributed by atoms with Crippen LogP contribution in [-0.4, -0.2) is 45.3 Å². The van der Waals surface area contributed by atoms with Crippen molar-refractivity contribution in [1.29, 1.82) is 0 Å². The number of carbonyl (C=O) groups excluding carboxylic acids is 2. The largest absolute Gasteiger partial charge is 0.353 e. The van der Waals surface area contributed by atoms with Crippen molar-refractivity contribution in [2.45, 2.75) is 25.4 Å². The molecule has 27 heavy (non-hydrogen) atoms. The van der Waals surface area contributed by atoms with Crippen molar-refractivity contribution in [2.75, 3.05) is 13.1 Å². The Labute approximate surface area is 158 Å². The van der Waals surface area contributed by atoms with Crippen molar-refractivity contribution in [1.82, 2.24) is 14.4 Å². The molecule has 0 atom stereocenters. The zero-order valence-corrected chi connectivity index (χ0v) is 15.5. The molecule has 3 rings (SSSR count). The lowest BCUT2D eigenvalue weighted by atomic mass is 10.2. The first-order valence-electron chi connectivity index (χ1n) is 9.05. The first-order chi connectivity index (χ1) is 13.0. The standard InChI is InChI=1S/C21H24FN3O2/c1-3-12-24(21(27)18-8-4-5-9-19(18)22)15-20(26)25(16-10-11-16)14-17-7-6-13-23(17)2/h3-9,13,16H,1,10-12,14-15H2,2H3. The van der Waals surface area contributed by atoms with Gasteiger partial charge in [-0.3, -0.25) is 9.59 Å². The predicted molar refractivity (Wildman–Crippen MR) is 101 cm³/mol. The van der Waals surface area contributed by atoms with Crippen molar-refractivity contribution in [3.05, 3.63) is 72.3 Å². The number of amides is 2. The topological polar surface area (TPSA) is 45.6 Å². The average molecular weight is 369 g/mol. The van der Waals surface area contributed by atoms with E-state index in [0.29, 0.717) is 6.54 Å². The Hall–Kier alpha value is -2.89. The quantitative estimate of drug-likeness (QED) is 0.672. The van der Waals surface area contributed by atoms with E-state index >= 15 is 0 Å². The first-order valence-corrected chi connectivity index (χ1v) is 9.05. The van der Waals surface area contributed by atoms with Crippen LogP contribution in [0.5, 0.6) is 0 Å². The minimum atomic E-state index is -0.591. The summed E-state index contributed by atoms with van der Waals surface area (Å²) < 4.78 is 16.0. The SMILES string of the molecule is C=CCN(CC(=O)N(Cc1cccn1C)C1CC1)C(=O)c1ccccc1F. The molecule has 6 heteroatoms. The van der Waals surface area contributed by atoms with Crippen LogP contribution in [0, 0.1) is 5.82 Å². The van der Waals surface area contributed by atoms with Crippen LogP contribution in [0.1, 0.15) is 28.9 Å². The molecule has 0 bridgehead atoms. The zero-order chi connectivity index (χ0) is 19.4. The molecule has 0 N–H and O–H groups in total. The van der Waals surface area contributed by atoms with Gasteiger partial charge in [0, 0.05) is 31.5 Å². The van der Waals surface area contributed by atoms with E-state index in [1.807, 2.05) is 34.8 Å². The maximum atomic E-state index is 14.0. The van der Waals surface area contributed by atoms with Crippen LogP contribution >= 0.6 is 0 Å². The molecular weight excluding hydrogens is 345 g/mol. The van der Waals surface area contributed by atoms with E-state index in [4.69, 9.17) is 0 Å². The highest BCUT2D eigenvalue weighted by Gasteiger charge is 2.34. The van der Waals surface area contributed by atoms with Crippen molar-refractivity contribution >= 4 is 11.8 Å². The molecule has 1 aromatic heterocycles. The molecule has 5 nitrogen and oxygen atoms in total. The van der Waals surface area contributed by atoms with Gasteiger partial charge in [0.2, 0.25) is 5.91 Å². The van der Waals surface area contributed by atoms with E-state index in [9.17, 15) is 14.0 Å². The highest BCUT2D eigenvalue weighted by Crippen LogP contribution is 2.28. The van der Waals surface area contributed by atoms with Gasteiger partial charge in [0.05, 0.1) is 12.1 Å². The van der Waals surface area contributed by atoms with E-state index in [2.05, 4.69) is 6.58 Å². The minimum Gasteiger partial charge on any atom is -0.353 e. The Morgan fingerprint density at radius 1 is 1.26 bits per heavy atom. The summed E-state index contributed by atoms with van der Waals surface area (Å²) in [4.78, 5) is 28.9. The van der Waals surface area contributed by atoms with Gasteiger partial charge in [0.1, 0.15) is 12.4 Å². The predicted octanol–water partition coefficient (Wildman–Crippen LogP) is 2.98. The van der Waals surface area contributed by atoms with Crippen molar-refractivity contribution in [3.63, 3.8) is 0 Å². The third-order valence-corrected chi connectivity index (χ3v) is 4.76. The maximum Gasteiger partial charge on any atom is 0.257 e. The summed E-state index contributed by atoms with van der Waals surface area (Å²) in [6, 6.07) is 9.94. The summed E-state index contributed by atoms with van der Waals surface area (Å²) in [6.45, 7) is 4.24. The van der Waals surface area contributed by atoms with Gasteiger partial charge in [-0.25, -0.2) is 4.39 Å². The summed E-state index contributed by atoms with van der Waals surface area (Å²) in [5.74, 6) is -1.23. The second kappa shape index (κ2) is 8.20. The van der Waals surface area contributed by atoms with Gasteiger partial charge in [-0.2, -0.15) is 0 Å². The van der Waals surface area contributed by atoms with Crippen LogP contribution in [0.2, 0.25) is 0 Å². The highest BCUT2D eigenvalue weighted by atomic mass is 19.1. The Kier molecular flexibility index (Phi) is 5.74. The molecule has 1 saturated carbocycles. The lowest BCUT2D eigenvalue weighted by molar-refractivity contribution is -0.133. The number of hydrogen-bond acceptors (Lipinski definition) is 2. The average Bonchev–Trinajstić information content (AvgIpc) is 3.41. The Bertz CT molecular complexity index is 841. The third-order valence-electron chi connectivity index (χ3n) is 4.76. The highest BCUT2D eigenvalue weighted by molar-refractivity contribution is 5.96. The number of nitrogens with zero attached hydrogens (tertiary/aromatic N) is 3. The lowest BCUT2D eigenvalue weighted by Crippen LogP contribution is -2.44. The molecule has 0 saturated heterocycles. The fourth-order valence-corrected chi connectivity index (χ4v) is 3.08. The normalized spacial score (nSPS) is 13.3. The molecule has 1 fully saturated rings. The fraction of sp³-hybridized carbons (Fsp3) is 0.333. The van der Waals surface area contributed by atoms with Gasteiger partial charge >= 0.3 is 0 Å². The lowest BCUT2D eigenvalue weighted by Gasteiger charge is -2.27. The summed E-state index contributed by atoms with van der Waals surface area (Å²) in [5.41, 5.74) is 0.999. The van der Waals surface area contributed by atoms with Gasteiger partial charge < -0.3 is 14.4 Å². The van der Waals surface area contributed by atoms with E-state index in [-0.39, 0.29) is 30.6 Å². The first kappa shape index (κ1) is 18.9. The van der Waals surface area contributed by atoms with E-state index in [1.165, 1.54) is 23.1 Å². The number of aryl methyl sites for hydroxylation is 1. The molecular formula is C21H24FN3O2. The molecule has 2 aromatic rings. The monoisotopic (exact) mass is 369 g/mol. The van der Waals surface area contributed by atoms with E-state index in [1.54, 1.807) is 12.1 Å². The maximum absolute atomic E-state index is 14.0. The smallest absolute Gasteiger partial charge is 0.257 e. The number of hydrogen-bond donors (Lipinski definition) is 0. The molecule has 0 radical (unpaired) electrons. The van der Waals surface area contributed by atoms with Crippen LogP contribution in [0.15, 0.2) is 55.3 Å². The molecule has 1 aromatic carbocycles. The molecule has 1 heterocycles. The van der Waals surface area contributed by atoms with Gasteiger partial charge in [-0.05, 0) is 37.1 Å². The molecule has 1 aliphatic rings. The van der Waals surface area contributed by atoms with Crippen LogP contribution < -0.4 is 0 Å². The van der Waals surface area contributed by atoms with Crippen LogP contribution in [-0.2, 0) is 18.4 Å². The summed E-state index contributed by atoms with van der Waals surface area (Å²) in [6.07, 6.45) is 5.43. The van der Waals surface area contributed by atoms with Crippen LogP contribution in [0.4, 0.5) is 4.39 Å². The Morgan fingerprint density at radius 3 is 2.59 bits per heavy atom. The molecule has 2 amide bonds. The van der Waals surface area contributed by atoms with Crippen molar-refractivity contribution < 1.29 is 14.0 Å². The van der Waals surface area contributed by atoms with Gasteiger partial charge in [-0.1, -0.05) is 18.2 Å². The summed E-state index contributed by atoms with van der Waals surface area (Å²) >= 11 is 0. The van der Waals surface area contributed by atoms with E-state index < -0.39 is 11.7 Å². The number of rotatable bonds is 8. The summed E-state index contributed by atoms with van der Waals surface area (Å²) in [5, 5.41) is 0. The molecule has 142 valence electrons. The van der Waals surface area contributed by atoms with Crippen molar-refractivity contribution in [2.24, 2.45) is 7.05 Å². The second-order valence-electron chi connectivity index (χ2n) is 6.82. The summed E-state index contributed by atoms with van der Waals surface area (Å²) in [7, 11) is 1.94. The van der Waals surface area contributed by atoms with Crippen LogP contribution in [0.3, 0.4) is 0 Å². The van der Waals surface area contributed by atoms with Crippen LogP contribution in [0.25, 0.3) is 0 Å². The number of benzene rings is 1. The fourth-order valence-electron chi connectivity index (χ4n) is 3.08. The third kappa shape index (κ3) is 4.45. The van der Waals surface area contributed by atoms with Crippen molar-refractivity contribution in [3.8, 4) is 0 Å².